The van der Waals surface area contributed by atoms with E-state index < -0.39 is 23.0 Å². The number of thioether (sulfide) groups is 1. The van der Waals surface area contributed by atoms with Crippen LogP contribution in [0.5, 0.6) is 11.5 Å². The van der Waals surface area contributed by atoms with Crippen LogP contribution in [0.1, 0.15) is 23.4 Å². The van der Waals surface area contributed by atoms with Crippen LogP contribution in [0, 0.1) is 15.9 Å². The Morgan fingerprint density at radius 3 is 2.69 bits per heavy atom. The van der Waals surface area contributed by atoms with Gasteiger partial charge in [-0.1, -0.05) is 11.8 Å². The van der Waals surface area contributed by atoms with Gasteiger partial charge in [0, 0.05) is 17.7 Å². The summed E-state index contributed by atoms with van der Waals surface area (Å²) >= 11 is 1.11. The minimum Gasteiger partial charge on any atom is -0.496 e. The van der Waals surface area contributed by atoms with Gasteiger partial charge in [0.15, 0.2) is 5.75 Å². The highest BCUT2D eigenvalue weighted by Gasteiger charge is 2.20. The molecule has 0 aliphatic heterocycles. The lowest BCUT2D eigenvalue weighted by molar-refractivity contribution is -0.386. The van der Waals surface area contributed by atoms with Crippen LogP contribution in [0.2, 0.25) is 0 Å². The lowest BCUT2D eigenvalue weighted by Gasteiger charge is -2.11. The van der Waals surface area contributed by atoms with Crippen molar-refractivity contribution in [3.8, 4) is 11.5 Å². The molecule has 168 valence electrons. The second-order valence-electron chi connectivity index (χ2n) is 6.13. The van der Waals surface area contributed by atoms with Gasteiger partial charge in [-0.2, -0.15) is 9.78 Å². The second-order valence-corrected chi connectivity index (χ2v) is 6.90. The van der Waals surface area contributed by atoms with E-state index >= 15 is 0 Å². The molecule has 32 heavy (non-hydrogen) atoms. The van der Waals surface area contributed by atoms with Crippen LogP contribution in [0.25, 0.3) is 0 Å². The minimum absolute atomic E-state index is 0.180. The van der Waals surface area contributed by atoms with E-state index in [2.05, 4.69) is 15.3 Å². The monoisotopic (exact) mass is 467 g/mol. The predicted molar refractivity (Wildman–Crippen MR) is 110 cm³/mol. The van der Waals surface area contributed by atoms with E-state index in [0.717, 1.165) is 34.6 Å². The van der Waals surface area contributed by atoms with Crippen LogP contribution >= 0.6 is 11.8 Å². The molecule has 0 saturated carbocycles. The first kappa shape index (κ1) is 23.1. The molecule has 0 radical (unpaired) electrons. The van der Waals surface area contributed by atoms with Crippen LogP contribution in [0.4, 0.5) is 18.9 Å². The van der Waals surface area contributed by atoms with Crippen molar-refractivity contribution in [3.05, 3.63) is 69.3 Å². The van der Waals surface area contributed by atoms with Crippen molar-refractivity contribution >= 4 is 23.7 Å². The number of nitrogens with zero attached hydrogens (tertiary/aromatic N) is 5. The Kier molecular flexibility index (Phi) is 7.30. The summed E-state index contributed by atoms with van der Waals surface area (Å²) in [7, 11) is 1.42. The molecule has 0 fully saturated rings. The molecule has 0 unspecified atom stereocenters. The van der Waals surface area contributed by atoms with E-state index in [0.29, 0.717) is 16.9 Å². The van der Waals surface area contributed by atoms with Crippen molar-refractivity contribution in [2.75, 3.05) is 13.4 Å². The summed E-state index contributed by atoms with van der Waals surface area (Å²) in [6.45, 7) is -0.180. The number of benzene rings is 2. The highest BCUT2D eigenvalue weighted by Crippen LogP contribution is 2.30. The summed E-state index contributed by atoms with van der Waals surface area (Å²) in [5, 5.41) is 22.5. The van der Waals surface area contributed by atoms with Gasteiger partial charge < -0.3 is 9.47 Å². The van der Waals surface area contributed by atoms with Crippen LogP contribution in [0.15, 0.2) is 46.7 Å². The van der Waals surface area contributed by atoms with Gasteiger partial charge in [-0.05, 0) is 36.1 Å². The van der Waals surface area contributed by atoms with Crippen molar-refractivity contribution in [2.24, 2.45) is 5.10 Å². The van der Waals surface area contributed by atoms with Crippen LogP contribution in [-0.4, -0.2) is 39.4 Å². The standard InChI is InChI=1S/C19H16F3N5O4S/c1-30-15-6-3-11(9-23-26-18(17(21)22)24-25-19(26)32-2)7-12(15)10-31-16-8-13(20)4-5-14(16)27(28)29/h3-9,17H,10H2,1-2H3/b23-9-. The average molecular weight is 467 g/mol. The number of hydrogen-bond acceptors (Lipinski definition) is 8. The molecule has 3 aromatic rings. The number of nitro groups is 1. The molecule has 0 N–H and O–H groups in total. The first-order valence-corrected chi connectivity index (χ1v) is 10.1. The smallest absolute Gasteiger partial charge is 0.311 e. The number of ether oxygens (including phenoxy) is 2. The lowest BCUT2D eigenvalue weighted by atomic mass is 10.1. The molecular formula is C19H16F3N5O4S. The molecule has 1 aromatic heterocycles. The maximum atomic E-state index is 13.5. The molecule has 0 saturated heterocycles. The lowest BCUT2D eigenvalue weighted by Crippen LogP contribution is -2.03. The van der Waals surface area contributed by atoms with Crippen LogP contribution in [0.3, 0.4) is 0 Å². The zero-order chi connectivity index (χ0) is 23.3. The van der Waals surface area contributed by atoms with E-state index in [1.165, 1.54) is 13.3 Å². The summed E-state index contributed by atoms with van der Waals surface area (Å²) in [6, 6.07) is 7.70. The molecule has 2 aromatic carbocycles. The number of halogens is 3. The van der Waals surface area contributed by atoms with Gasteiger partial charge in [-0.25, -0.2) is 13.2 Å². The first-order valence-electron chi connectivity index (χ1n) is 8.89. The summed E-state index contributed by atoms with van der Waals surface area (Å²) in [5.41, 5.74) is 0.580. The number of nitro benzene ring substituents is 1. The topological polar surface area (TPSA) is 105 Å². The van der Waals surface area contributed by atoms with E-state index in [1.54, 1.807) is 24.5 Å². The predicted octanol–water partition coefficient (Wildman–Crippen LogP) is 4.45. The Bertz CT molecular complexity index is 1160. The maximum Gasteiger partial charge on any atom is 0.311 e. The van der Waals surface area contributed by atoms with Gasteiger partial charge in [0.2, 0.25) is 11.0 Å². The number of aromatic nitrogens is 3. The maximum absolute atomic E-state index is 13.5. The number of alkyl halides is 2. The zero-order valence-electron chi connectivity index (χ0n) is 16.7. The molecule has 9 nitrogen and oxygen atoms in total. The van der Waals surface area contributed by atoms with E-state index in [-0.39, 0.29) is 23.2 Å². The Labute approximate surface area is 184 Å². The first-order chi connectivity index (χ1) is 15.3. The third-order valence-electron chi connectivity index (χ3n) is 4.14. The summed E-state index contributed by atoms with van der Waals surface area (Å²) in [6.07, 6.45) is 0.116. The number of methoxy groups -OCH3 is 1. The van der Waals surface area contributed by atoms with Crippen molar-refractivity contribution in [2.45, 2.75) is 18.2 Å². The fourth-order valence-electron chi connectivity index (χ4n) is 2.67. The van der Waals surface area contributed by atoms with E-state index in [1.807, 2.05) is 0 Å². The van der Waals surface area contributed by atoms with Gasteiger partial charge in [0.25, 0.3) is 6.43 Å². The third kappa shape index (κ3) is 5.17. The van der Waals surface area contributed by atoms with Gasteiger partial charge >= 0.3 is 5.69 Å². The Morgan fingerprint density at radius 1 is 1.25 bits per heavy atom. The Hall–Kier alpha value is -3.61. The Balaban J connectivity index is 1.88. The average Bonchev–Trinajstić information content (AvgIpc) is 3.19. The highest BCUT2D eigenvalue weighted by atomic mass is 32.2. The summed E-state index contributed by atoms with van der Waals surface area (Å²) in [5.74, 6) is -1.12. The summed E-state index contributed by atoms with van der Waals surface area (Å²) < 4.78 is 51.5. The van der Waals surface area contributed by atoms with Gasteiger partial charge in [-0.15, -0.1) is 10.2 Å². The SMILES string of the molecule is COc1ccc(/C=N\n2c(SC)nnc2C(F)F)cc1COc1cc(F)ccc1[N+](=O)[O-]. The molecule has 0 bridgehead atoms. The molecule has 1 heterocycles. The Morgan fingerprint density at radius 2 is 2.03 bits per heavy atom. The number of hydrogen-bond donors (Lipinski definition) is 0. The van der Waals surface area contributed by atoms with E-state index in [9.17, 15) is 23.3 Å². The van der Waals surface area contributed by atoms with Crippen molar-refractivity contribution in [1.82, 2.24) is 14.9 Å². The molecular weight excluding hydrogens is 451 g/mol. The minimum atomic E-state index is -2.86. The fraction of sp³-hybridized carbons (Fsp3) is 0.211. The molecule has 0 aliphatic rings. The van der Waals surface area contributed by atoms with Crippen molar-refractivity contribution < 1.29 is 27.6 Å². The van der Waals surface area contributed by atoms with Crippen molar-refractivity contribution in [3.63, 3.8) is 0 Å². The van der Waals surface area contributed by atoms with Crippen molar-refractivity contribution in [1.29, 1.82) is 0 Å². The molecule has 0 aliphatic carbocycles. The van der Waals surface area contributed by atoms with Crippen LogP contribution < -0.4 is 9.47 Å². The number of rotatable bonds is 9. The van der Waals surface area contributed by atoms with Crippen LogP contribution in [-0.2, 0) is 6.61 Å². The highest BCUT2D eigenvalue weighted by molar-refractivity contribution is 7.98. The van der Waals surface area contributed by atoms with Gasteiger partial charge in [0.1, 0.15) is 18.2 Å². The fourth-order valence-corrected chi connectivity index (χ4v) is 3.11. The molecule has 3 rings (SSSR count). The third-order valence-corrected chi connectivity index (χ3v) is 4.76. The molecule has 13 heteroatoms. The summed E-state index contributed by atoms with van der Waals surface area (Å²) in [4.78, 5) is 10.5. The molecule has 0 spiro atoms. The molecule has 0 atom stereocenters. The molecule has 0 amide bonds. The van der Waals surface area contributed by atoms with Gasteiger partial charge in [-0.3, -0.25) is 10.1 Å². The van der Waals surface area contributed by atoms with E-state index in [4.69, 9.17) is 9.47 Å². The second kappa shape index (κ2) is 10.1. The zero-order valence-corrected chi connectivity index (χ0v) is 17.6. The quantitative estimate of drug-likeness (QED) is 0.198. The van der Waals surface area contributed by atoms with Gasteiger partial charge in [0.05, 0.1) is 18.2 Å². The normalized spacial score (nSPS) is 11.3. The largest absolute Gasteiger partial charge is 0.496 e.